The van der Waals surface area contributed by atoms with Crippen molar-refractivity contribution in [3.05, 3.63) is 72.5 Å². The summed E-state index contributed by atoms with van der Waals surface area (Å²) in [6.07, 6.45) is 5.79. The van der Waals surface area contributed by atoms with Crippen molar-refractivity contribution in [2.75, 3.05) is 0 Å². The molecule has 1 aromatic carbocycles. The van der Waals surface area contributed by atoms with E-state index < -0.39 is 0 Å². The van der Waals surface area contributed by atoms with Crippen molar-refractivity contribution in [3.8, 4) is 11.3 Å². The van der Waals surface area contributed by atoms with Gasteiger partial charge in [-0.3, -0.25) is 4.98 Å². The van der Waals surface area contributed by atoms with Crippen molar-refractivity contribution in [2.45, 2.75) is 6.42 Å². The van der Waals surface area contributed by atoms with Crippen molar-refractivity contribution in [2.24, 2.45) is 0 Å². The lowest BCUT2D eigenvalue weighted by atomic mass is 10.1. The lowest BCUT2D eigenvalue weighted by Gasteiger charge is -2.01. The van der Waals surface area contributed by atoms with Crippen LogP contribution in [-0.4, -0.2) is 9.97 Å². The average molecular weight is 236 g/mol. The highest BCUT2D eigenvalue weighted by Crippen LogP contribution is 2.23. The Morgan fingerprint density at radius 1 is 1.00 bits per heavy atom. The van der Waals surface area contributed by atoms with E-state index in [1.165, 1.54) is 12.0 Å². The number of hydrogen-bond donors (Lipinski definition) is 0. The zero-order valence-electron chi connectivity index (χ0n) is 9.78. The van der Waals surface area contributed by atoms with Crippen molar-refractivity contribution in [3.63, 3.8) is 0 Å². The summed E-state index contributed by atoms with van der Waals surface area (Å²) in [6.45, 7) is 0. The van der Waals surface area contributed by atoms with Gasteiger partial charge < -0.3 is 4.42 Å². The van der Waals surface area contributed by atoms with Crippen LogP contribution in [0.5, 0.6) is 0 Å². The summed E-state index contributed by atoms with van der Waals surface area (Å²) in [7, 11) is 0. The van der Waals surface area contributed by atoms with E-state index in [-0.39, 0.29) is 0 Å². The molecular formula is C15H12N2O. The molecule has 3 rings (SSSR count). The van der Waals surface area contributed by atoms with Crippen LogP contribution in [-0.2, 0) is 6.42 Å². The van der Waals surface area contributed by atoms with Gasteiger partial charge in [0.1, 0.15) is 0 Å². The molecule has 0 N–H and O–H groups in total. The SMILES string of the molecule is c1ccc(Cc2ncoc2-c2cccnc2)cc1. The van der Waals surface area contributed by atoms with E-state index in [0.29, 0.717) is 0 Å². The third-order valence-corrected chi connectivity index (χ3v) is 2.78. The van der Waals surface area contributed by atoms with Crippen LogP contribution in [0.25, 0.3) is 11.3 Å². The van der Waals surface area contributed by atoms with E-state index in [4.69, 9.17) is 4.42 Å². The number of hydrogen-bond acceptors (Lipinski definition) is 3. The van der Waals surface area contributed by atoms with Crippen molar-refractivity contribution in [1.82, 2.24) is 9.97 Å². The predicted molar refractivity (Wildman–Crippen MR) is 69.0 cm³/mol. The Labute approximate surface area is 105 Å². The fourth-order valence-corrected chi connectivity index (χ4v) is 1.92. The van der Waals surface area contributed by atoms with Crippen LogP contribution in [0.2, 0.25) is 0 Å². The van der Waals surface area contributed by atoms with Crippen LogP contribution in [0.1, 0.15) is 11.3 Å². The van der Waals surface area contributed by atoms with Crippen molar-refractivity contribution >= 4 is 0 Å². The monoisotopic (exact) mass is 236 g/mol. The maximum Gasteiger partial charge on any atom is 0.181 e. The number of rotatable bonds is 3. The molecule has 0 spiro atoms. The molecule has 0 saturated heterocycles. The minimum absolute atomic E-state index is 0.765. The molecule has 0 amide bonds. The average Bonchev–Trinajstić information content (AvgIpc) is 2.89. The summed E-state index contributed by atoms with van der Waals surface area (Å²) >= 11 is 0. The fraction of sp³-hybridized carbons (Fsp3) is 0.0667. The zero-order valence-corrected chi connectivity index (χ0v) is 9.78. The Bertz CT molecular complexity index is 617. The van der Waals surface area contributed by atoms with Gasteiger partial charge in [-0.2, -0.15) is 0 Å². The number of nitrogens with zero attached hydrogens (tertiary/aromatic N) is 2. The molecule has 0 atom stereocenters. The molecular weight excluding hydrogens is 224 g/mol. The smallest absolute Gasteiger partial charge is 0.181 e. The summed E-state index contributed by atoms with van der Waals surface area (Å²) in [5.74, 6) is 0.798. The summed E-state index contributed by atoms with van der Waals surface area (Å²) in [5, 5.41) is 0. The molecule has 18 heavy (non-hydrogen) atoms. The lowest BCUT2D eigenvalue weighted by molar-refractivity contribution is 0.571. The summed E-state index contributed by atoms with van der Waals surface area (Å²) < 4.78 is 5.47. The van der Waals surface area contributed by atoms with Gasteiger partial charge in [-0.05, 0) is 17.7 Å². The molecule has 3 nitrogen and oxygen atoms in total. The first-order chi connectivity index (χ1) is 8.93. The van der Waals surface area contributed by atoms with E-state index >= 15 is 0 Å². The standard InChI is InChI=1S/C15H12N2O/c1-2-5-12(6-3-1)9-14-15(18-11-17-14)13-7-4-8-16-10-13/h1-8,10-11H,9H2. The van der Waals surface area contributed by atoms with E-state index in [2.05, 4.69) is 22.1 Å². The molecule has 0 aliphatic rings. The molecule has 0 fully saturated rings. The third-order valence-electron chi connectivity index (χ3n) is 2.78. The van der Waals surface area contributed by atoms with Crippen LogP contribution in [0.3, 0.4) is 0 Å². The second-order valence-electron chi connectivity index (χ2n) is 4.03. The Morgan fingerprint density at radius 3 is 2.67 bits per heavy atom. The maximum atomic E-state index is 5.47. The van der Waals surface area contributed by atoms with Crippen LogP contribution < -0.4 is 0 Å². The fourth-order valence-electron chi connectivity index (χ4n) is 1.92. The van der Waals surface area contributed by atoms with Gasteiger partial charge in [-0.15, -0.1) is 0 Å². The summed E-state index contributed by atoms with van der Waals surface area (Å²) in [6, 6.07) is 14.1. The molecule has 3 aromatic rings. The van der Waals surface area contributed by atoms with Gasteiger partial charge in [-0.1, -0.05) is 30.3 Å². The van der Waals surface area contributed by atoms with Crippen molar-refractivity contribution in [1.29, 1.82) is 0 Å². The van der Waals surface area contributed by atoms with Gasteiger partial charge >= 0.3 is 0 Å². The topological polar surface area (TPSA) is 38.9 Å². The first-order valence-electron chi connectivity index (χ1n) is 5.80. The number of oxazole rings is 1. The van der Waals surface area contributed by atoms with Gasteiger partial charge in [-0.25, -0.2) is 4.98 Å². The van der Waals surface area contributed by atoms with Gasteiger partial charge in [0.05, 0.1) is 5.69 Å². The minimum Gasteiger partial charge on any atom is -0.443 e. The molecule has 0 unspecified atom stereocenters. The predicted octanol–water partition coefficient (Wildman–Crippen LogP) is 3.33. The third kappa shape index (κ3) is 2.15. The molecule has 0 aliphatic heterocycles. The van der Waals surface area contributed by atoms with E-state index in [9.17, 15) is 0 Å². The molecule has 0 aliphatic carbocycles. The molecule has 2 heterocycles. The Kier molecular flexibility index (Phi) is 2.88. The molecule has 0 radical (unpaired) electrons. The lowest BCUT2D eigenvalue weighted by Crippen LogP contribution is -1.91. The van der Waals surface area contributed by atoms with Gasteiger partial charge in [0, 0.05) is 24.4 Å². The van der Waals surface area contributed by atoms with Crippen LogP contribution >= 0.6 is 0 Å². The minimum atomic E-state index is 0.765. The second-order valence-corrected chi connectivity index (χ2v) is 4.03. The highest BCUT2D eigenvalue weighted by Gasteiger charge is 2.11. The van der Waals surface area contributed by atoms with Crippen LogP contribution in [0.4, 0.5) is 0 Å². The van der Waals surface area contributed by atoms with E-state index in [1.54, 1.807) is 12.4 Å². The number of benzene rings is 1. The highest BCUT2D eigenvalue weighted by atomic mass is 16.3. The van der Waals surface area contributed by atoms with E-state index in [1.807, 2.05) is 30.3 Å². The molecule has 0 saturated carbocycles. The Balaban J connectivity index is 1.93. The molecule has 0 bridgehead atoms. The van der Waals surface area contributed by atoms with Crippen LogP contribution in [0, 0.1) is 0 Å². The van der Waals surface area contributed by atoms with E-state index in [0.717, 1.165) is 23.4 Å². The quantitative estimate of drug-likeness (QED) is 0.700. The first-order valence-corrected chi connectivity index (χ1v) is 5.80. The maximum absolute atomic E-state index is 5.47. The first kappa shape index (κ1) is 10.7. The number of aromatic nitrogens is 2. The number of pyridine rings is 1. The Hall–Kier alpha value is -2.42. The van der Waals surface area contributed by atoms with Gasteiger partial charge in [0.25, 0.3) is 0 Å². The largest absolute Gasteiger partial charge is 0.443 e. The van der Waals surface area contributed by atoms with Crippen LogP contribution in [0.15, 0.2) is 65.7 Å². The van der Waals surface area contributed by atoms with Crippen molar-refractivity contribution < 1.29 is 4.42 Å². The summed E-state index contributed by atoms with van der Waals surface area (Å²) in [4.78, 5) is 8.39. The zero-order chi connectivity index (χ0) is 12.2. The normalized spacial score (nSPS) is 10.4. The van der Waals surface area contributed by atoms with Gasteiger partial charge in [0.15, 0.2) is 12.2 Å². The van der Waals surface area contributed by atoms with Gasteiger partial charge in [0.2, 0.25) is 0 Å². The molecule has 2 aromatic heterocycles. The summed E-state index contributed by atoms with van der Waals surface area (Å²) in [5.41, 5.74) is 3.12. The highest BCUT2D eigenvalue weighted by molar-refractivity contribution is 5.58. The second kappa shape index (κ2) is 4.84. The molecule has 88 valence electrons. The Morgan fingerprint density at radius 2 is 1.89 bits per heavy atom. The molecule has 3 heteroatoms.